The molecule has 0 aliphatic carbocycles. The summed E-state index contributed by atoms with van der Waals surface area (Å²) in [7, 11) is 0. The highest BCUT2D eigenvalue weighted by Gasteiger charge is 2.34. The highest BCUT2D eigenvalue weighted by Crippen LogP contribution is 2.37. The molecule has 46 heavy (non-hydrogen) atoms. The molecule has 12 heteroatoms. The molecule has 0 spiro atoms. The lowest BCUT2D eigenvalue weighted by Crippen LogP contribution is -2.56. The van der Waals surface area contributed by atoms with Crippen LogP contribution in [0.15, 0.2) is 48.6 Å². The van der Waals surface area contributed by atoms with Crippen LogP contribution in [0.4, 0.5) is 15.9 Å². The van der Waals surface area contributed by atoms with Gasteiger partial charge in [-0.15, -0.1) is 0 Å². The number of rotatable bonds is 10. The molecule has 0 radical (unpaired) electrons. The Hall–Kier alpha value is -3.53. The molecule has 3 aromatic rings. The van der Waals surface area contributed by atoms with E-state index < -0.39 is 12.9 Å². The average molecular weight is 650 g/mol. The van der Waals surface area contributed by atoms with E-state index in [4.69, 9.17) is 31.0 Å². The van der Waals surface area contributed by atoms with Crippen LogP contribution in [0.2, 0.25) is 5.02 Å². The molecule has 4 heterocycles. The van der Waals surface area contributed by atoms with Crippen LogP contribution in [0.5, 0.6) is 6.01 Å². The maximum absolute atomic E-state index is 12.8. The van der Waals surface area contributed by atoms with E-state index in [9.17, 15) is 14.8 Å². The third-order valence-electron chi connectivity index (χ3n) is 9.04. The number of halogens is 2. The van der Waals surface area contributed by atoms with Gasteiger partial charge in [0.05, 0.1) is 36.4 Å². The van der Waals surface area contributed by atoms with Gasteiger partial charge in [-0.05, 0) is 36.4 Å². The number of nitriles is 1. The van der Waals surface area contributed by atoms with Crippen LogP contribution in [0.3, 0.4) is 0 Å². The molecule has 2 atom stereocenters. The fourth-order valence-electron chi connectivity index (χ4n) is 6.73. The van der Waals surface area contributed by atoms with Gasteiger partial charge in [-0.2, -0.15) is 15.2 Å². The van der Waals surface area contributed by atoms with Gasteiger partial charge in [0.1, 0.15) is 25.3 Å². The van der Waals surface area contributed by atoms with Crippen LogP contribution in [0, 0.1) is 11.3 Å². The molecule has 6 rings (SSSR count). The highest BCUT2D eigenvalue weighted by molar-refractivity contribution is 6.36. The first-order valence-corrected chi connectivity index (χ1v) is 16.5. The number of hydrogen-bond donors (Lipinski definition) is 1. The summed E-state index contributed by atoms with van der Waals surface area (Å²) in [6, 6.07) is 14.6. The fourth-order valence-corrected chi connectivity index (χ4v) is 7.01. The molecule has 2 aromatic carbocycles. The molecule has 1 N–H and O–H groups in total. The minimum atomic E-state index is -0.958. The molecule has 244 valence electrons. The van der Waals surface area contributed by atoms with Crippen molar-refractivity contribution >= 4 is 33.9 Å². The van der Waals surface area contributed by atoms with Gasteiger partial charge in [0.2, 0.25) is 0 Å². The molecule has 3 aliphatic rings. The van der Waals surface area contributed by atoms with Crippen LogP contribution >= 0.6 is 11.6 Å². The van der Waals surface area contributed by atoms with Gasteiger partial charge in [0.15, 0.2) is 0 Å². The number of piperazine rings is 1. The summed E-state index contributed by atoms with van der Waals surface area (Å²) in [6.07, 6.45) is 3.75. The standard InChI is InChI=1S/C34H41ClFN7O3/c35-28-7-1-5-25-6-2-8-30(32(25)28)41-15-11-27-29(24-41)38-34(46-22-19-40-14-4-20-45-21-18-40)39-33(27)42-16-17-43(26(23-42)10-13-37)31(44)9-3-12-36/h1-3,5-9,26,31,44H,4,10-12,14-24H2/b9-3+/t26-,31?/m0/s1. The monoisotopic (exact) mass is 649 g/mol. The lowest BCUT2D eigenvalue weighted by atomic mass is 10.0. The Labute approximate surface area is 274 Å². The Morgan fingerprint density at radius 1 is 1.11 bits per heavy atom. The van der Waals surface area contributed by atoms with E-state index in [1.807, 2.05) is 17.0 Å². The van der Waals surface area contributed by atoms with Crippen molar-refractivity contribution in [2.24, 2.45) is 0 Å². The largest absolute Gasteiger partial charge is 0.462 e. The van der Waals surface area contributed by atoms with E-state index in [2.05, 4.69) is 45.0 Å². The summed E-state index contributed by atoms with van der Waals surface area (Å²) in [5.41, 5.74) is 3.04. The Morgan fingerprint density at radius 2 is 1.98 bits per heavy atom. The van der Waals surface area contributed by atoms with Gasteiger partial charge in [0.25, 0.3) is 0 Å². The number of benzene rings is 2. The minimum absolute atomic E-state index is 0.225. The first-order chi connectivity index (χ1) is 22.6. The molecule has 0 bridgehead atoms. The third kappa shape index (κ3) is 7.37. The van der Waals surface area contributed by atoms with Crippen molar-refractivity contribution in [3.63, 3.8) is 0 Å². The van der Waals surface area contributed by atoms with Gasteiger partial charge in [-0.1, -0.05) is 41.9 Å². The topological polar surface area (TPSA) is 101 Å². The summed E-state index contributed by atoms with van der Waals surface area (Å²) >= 11 is 6.71. The number of aliphatic hydroxyl groups is 1. The zero-order valence-corrected chi connectivity index (χ0v) is 26.8. The highest BCUT2D eigenvalue weighted by atomic mass is 35.5. The van der Waals surface area contributed by atoms with Crippen molar-refractivity contribution in [2.45, 2.75) is 38.1 Å². The van der Waals surface area contributed by atoms with Crippen molar-refractivity contribution in [3.05, 3.63) is 64.8 Å². The van der Waals surface area contributed by atoms with Crippen molar-refractivity contribution in [2.75, 3.05) is 82.1 Å². The lowest BCUT2D eigenvalue weighted by Gasteiger charge is -2.43. The molecule has 2 saturated heterocycles. The SMILES string of the molecule is N#CC[C@H]1CN(c2nc(OCCN3CCCOCC3)nc3c2CCN(c2cccc4cccc(Cl)c24)C3)CCN1C(O)/C=C/CF. The molecule has 2 fully saturated rings. The number of ether oxygens (including phenoxy) is 2. The molecule has 1 unspecified atom stereocenters. The number of fused-ring (bicyclic) bond motifs is 2. The fraction of sp³-hybridized carbons (Fsp3) is 0.500. The Balaban J connectivity index is 1.29. The van der Waals surface area contributed by atoms with E-state index in [0.717, 1.165) is 90.8 Å². The molecule has 0 saturated carbocycles. The van der Waals surface area contributed by atoms with Crippen molar-refractivity contribution in [1.82, 2.24) is 19.8 Å². The normalized spacial score (nSPS) is 20.4. The second-order valence-corrected chi connectivity index (χ2v) is 12.3. The van der Waals surface area contributed by atoms with E-state index in [1.54, 1.807) is 0 Å². The van der Waals surface area contributed by atoms with Gasteiger partial charge >= 0.3 is 6.01 Å². The number of alkyl halides is 1. The number of aromatic nitrogens is 2. The minimum Gasteiger partial charge on any atom is -0.462 e. The molecule has 10 nitrogen and oxygen atoms in total. The summed E-state index contributed by atoms with van der Waals surface area (Å²) in [5.74, 6) is 0.815. The smallest absolute Gasteiger partial charge is 0.318 e. The number of hydrogen-bond acceptors (Lipinski definition) is 10. The summed E-state index contributed by atoms with van der Waals surface area (Å²) < 4.78 is 24.6. The van der Waals surface area contributed by atoms with E-state index in [0.29, 0.717) is 38.8 Å². The van der Waals surface area contributed by atoms with Gasteiger partial charge < -0.3 is 24.4 Å². The molecule has 3 aliphatic heterocycles. The number of allylic oxidation sites excluding steroid dienone is 1. The van der Waals surface area contributed by atoms with E-state index in [1.165, 1.54) is 12.2 Å². The molecular weight excluding hydrogens is 609 g/mol. The van der Waals surface area contributed by atoms with Crippen molar-refractivity contribution < 1.29 is 19.0 Å². The average Bonchev–Trinajstić information content (AvgIpc) is 3.35. The maximum Gasteiger partial charge on any atom is 0.318 e. The van der Waals surface area contributed by atoms with E-state index in [-0.39, 0.29) is 12.5 Å². The first kappa shape index (κ1) is 32.4. The summed E-state index contributed by atoms with van der Waals surface area (Å²) in [5, 5.41) is 23.2. The van der Waals surface area contributed by atoms with Gasteiger partial charge in [-0.3, -0.25) is 9.80 Å². The molecular formula is C34H41ClFN7O3. The zero-order chi connectivity index (χ0) is 31.9. The number of nitrogens with zero attached hydrogens (tertiary/aromatic N) is 7. The number of anilines is 2. The first-order valence-electron chi connectivity index (χ1n) is 16.1. The van der Waals surface area contributed by atoms with E-state index >= 15 is 0 Å². The van der Waals surface area contributed by atoms with Crippen LogP contribution in [0.1, 0.15) is 24.1 Å². The number of aliphatic hydroxyl groups excluding tert-OH is 1. The predicted octanol–water partition coefficient (Wildman–Crippen LogP) is 4.20. The van der Waals surface area contributed by atoms with Crippen LogP contribution in [-0.4, -0.2) is 109 Å². The van der Waals surface area contributed by atoms with Crippen LogP contribution in [-0.2, 0) is 17.7 Å². The Kier molecular flexibility index (Phi) is 10.8. The van der Waals surface area contributed by atoms with Crippen LogP contribution < -0.4 is 14.5 Å². The second-order valence-electron chi connectivity index (χ2n) is 11.9. The quantitative estimate of drug-likeness (QED) is 0.322. The predicted molar refractivity (Wildman–Crippen MR) is 177 cm³/mol. The Morgan fingerprint density at radius 3 is 2.83 bits per heavy atom. The molecule has 0 amide bonds. The summed E-state index contributed by atoms with van der Waals surface area (Å²) in [6.45, 7) is 6.83. The second kappa shape index (κ2) is 15.4. The zero-order valence-electron chi connectivity index (χ0n) is 26.0. The Bertz CT molecular complexity index is 1560. The van der Waals surface area contributed by atoms with Crippen molar-refractivity contribution in [1.29, 1.82) is 5.26 Å². The van der Waals surface area contributed by atoms with Gasteiger partial charge in [0, 0.05) is 75.1 Å². The van der Waals surface area contributed by atoms with Crippen LogP contribution in [0.25, 0.3) is 10.8 Å². The lowest BCUT2D eigenvalue weighted by molar-refractivity contribution is 0.00386. The summed E-state index contributed by atoms with van der Waals surface area (Å²) in [4.78, 5) is 18.6. The maximum atomic E-state index is 12.8. The van der Waals surface area contributed by atoms with Crippen molar-refractivity contribution in [3.8, 4) is 12.1 Å². The third-order valence-corrected chi connectivity index (χ3v) is 9.36. The van der Waals surface area contributed by atoms with Gasteiger partial charge in [-0.25, -0.2) is 4.39 Å². The molecule has 1 aromatic heterocycles.